The molecule has 0 aromatic heterocycles. The molecule has 0 bridgehead atoms. The minimum atomic E-state index is 0.244. The Labute approximate surface area is 111 Å². The van der Waals surface area contributed by atoms with Crippen LogP contribution in [0.3, 0.4) is 0 Å². The second-order valence-corrected chi connectivity index (χ2v) is 5.93. The van der Waals surface area contributed by atoms with E-state index in [-0.39, 0.29) is 6.04 Å². The summed E-state index contributed by atoms with van der Waals surface area (Å²) in [5.41, 5.74) is 10.5. The predicted octanol–water partition coefficient (Wildman–Crippen LogP) is 2.91. The Morgan fingerprint density at radius 1 is 1.17 bits per heavy atom. The van der Waals surface area contributed by atoms with E-state index in [0.29, 0.717) is 6.04 Å². The highest BCUT2D eigenvalue weighted by Gasteiger charge is 2.18. The lowest BCUT2D eigenvalue weighted by Crippen LogP contribution is -2.27. The molecule has 0 radical (unpaired) electrons. The number of rotatable bonds is 4. The van der Waals surface area contributed by atoms with E-state index in [0.717, 1.165) is 6.42 Å². The molecule has 0 spiro atoms. The maximum Gasteiger partial charge on any atom is 0.0356 e. The van der Waals surface area contributed by atoms with Crippen LogP contribution in [0.4, 0.5) is 0 Å². The van der Waals surface area contributed by atoms with Crippen LogP contribution >= 0.6 is 0 Å². The van der Waals surface area contributed by atoms with Crippen LogP contribution in [0.2, 0.25) is 0 Å². The molecule has 18 heavy (non-hydrogen) atoms. The molecule has 2 N–H and O–H groups in total. The molecule has 100 valence electrons. The van der Waals surface area contributed by atoms with Gasteiger partial charge in [-0.1, -0.05) is 18.2 Å². The van der Waals surface area contributed by atoms with Gasteiger partial charge in [-0.2, -0.15) is 0 Å². The van der Waals surface area contributed by atoms with Crippen molar-refractivity contribution < 1.29 is 0 Å². The molecule has 0 aliphatic heterocycles. The molecule has 1 aromatic carbocycles. The van der Waals surface area contributed by atoms with E-state index in [2.05, 4.69) is 44.1 Å². The second kappa shape index (κ2) is 5.85. The zero-order chi connectivity index (χ0) is 13.1. The summed E-state index contributed by atoms with van der Waals surface area (Å²) in [7, 11) is 4.29. The van der Waals surface area contributed by atoms with Crippen molar-refractivity contribution in [3.05, 3.63) is 34.9 Å². The SMILES string of the molecule is CC(N)CC(c1ccc2c(c1)CCCC2)N(C)C. The van der Waals surface area contributed by atoms with Crippen molar-refractivity contribution in [2.24, 2.45) is 5.73 Å². The summed E-state index contributed by atoms with van der Waals surface area (Å²) in [5.74, 6) is 0. The van der Waals surface area contributed by atoms with Gasteiger partial charge in [0.1, 0.15) is 0 Å². The van der Waals surface area contributed by atoms with Gasteiger partial charge in [0.15, 0.2) is 0 Å². The van der Waals surface area contributed by atoms with Crippen molar-refractivity contribution in [3.63, 3.8) is 0 Å². The van der Waals surface area contributed by atoms with E-state index in [4.69, 9.17) is 5.73 Å². The van der Waals surface area contributed by atoms with Crippen LogP contribution in [0.15, 0.2) is 18.2 Å². The highest BCUT2D eigenvalue weighted by Crippen LogP contribution is 2.28. The maximum absolute atomic E-state index is 5.98. The fourth-order valence-electron chi connectivity index (χ4n) is 2.96. The van der Waals surface area contributed by atoms with Gasteiger partial charge < -0.3 is 10.6 Å². The first-order valence-corrected chi connectivity index (χ1v) is 7.11. The van der Waals surface area contributed by atoms with Crippen LogP contribution in [-0.4, -0.2) is 25.0 Å². The molecule has 0 heterocycles. The predicted molar refractivity (Wildman–Crippen MR) is 77.8 cm³/mol. The van der Waals surface area contributed by atoms with Crippen molar-refractivity contribution in [2.75, 3.05) is 14.1 Å². The van der Waals surface area contributed by atoms with Crippen molar-refractivity contribution >= 4 is 0 Å². The van der Waals surface area contributed by atoms with Crippen LogP contribution in [0, 0.1) is 0 Å². The van der Waals surface area contributed by atoms with Crippen molar-refractivity contribution in [3.8, 4) is 0 Å². The topological polar surface area (TPSA) is 29.3 Å². The van der Waals surface area contributed by atoms with Gasteiger partial charge in [-0.25, -0.2) is 0 Å². The third-order valence-corrected chi connectivity index (χ3v) is 3.98. The molecule has 1 aromatic rings. The van der Waals surface area contributed by atoms with Gasteiger partial charge in [-0.05, 0) is 69.8 Å². The van der Waals surface area contributed by atoms with E-state index in [1.807, 2.05) is 0 Å². The highest BCUT2D eigenvalue weighted by molar-refractivity contribution is 5.35. The first-order chi connectivity index (χ1) is 8.58. The molecule has 1 aliphatic rings. The summed E-state index contributed by atoms with van der Waals surface area (Å²) >= 11 is 0. The molecule has 0 fully saturated rings. The third kappa shape index (κ3) is 3.12. The van der Waals surface area contributed by atoms with E-state index in [1.165, 1.54) is 31.2 Å². The van der Waals surface area contributed by atoms with Gasteiger partial charge >= 0.3 is 0 Å². The largest absolute Gasteiger partial charge is 0.328 e. The van der Waals surface area contributed by atoms with Gasteiger partial charge in [0.25, 0.3) is 0 Å². The summed E-state index contributed by atoms with van der Waals surface area (Å²) in [5, 5.41) is 0. The molecule has 0 saturated heterocycles. The van der Waals surface area contributed by atoms with Gasteiger partial charge in [-0.3, -0.25) is 0 Å². The second-order valence-electron chi connectivity index (χ2n) is 5.93. The molecule has 1 aliphatic carbocycles. The maximum atomic E-state index is 5.98. The summed E-state index contributed by atoms with van der Waals surface area (Å²) < 4.78 is 0. The number of nitrogens with two attached hydrogens (primary N) is 1. The number of benzene rings is 1. The number of nitrogens with zero attached hydrogens (tertiary/aromatic N) is 1. The average Bonchev–Trinajstić information content (AvgIpc) is 2.35. The standard InChI is InChI=1S/C16H26N2/c1-12(17)10-16(18(2)3)15-9-8-13-6-4-5-7-14(13)11-15/h8-9,11-12,16H,4-7,10,17H2,1-3H3. The van der Waals surface area contributed by atoms with E-state index in [9.17, 15) is 0 Å². The van der Waals surface area contributed by atoms with E-state index < -0.39 is 0 Å². The zero-order valence-electron chi connectivity index (χ0n) is 11.9. The molecule has 2 atom stereocenters. The Balaban J connectivity index is 2.24. The minimum Gasteiger partial charge on any atom is -0.328 e. The first-order valence-electron chi connectivity index (χ1n) is 7.11. The van der Waals surface area contributed by atoms with Gasteiger partial charge in [0, 0.05) is 12.1 Å². The molecule has 2 heteroatoms. The summed E-state index contributed by atoms with van der Waals surface area (Å²) in [6, 6.07) is 7.74. The Bertz CT molecular complexity index is 396. The molecular weight excluding hydrogens is 220 g/mol. The number of aryl methyl sites for hydroxylation is 2. The fraction of sp³-hybridized carbons (Fsp3) is 0.625. The molecule has 2 nitrogen and oxygen atoms in total. The Morgan fingerprint density at radius 2 is 1.83 bits per heavy atom. The first kappa shape index (κ1) is 13.6. The zero-order valence-corrected chi connectivity index (χ0v) is 11.9. The van der Waals surface area contributed by atoms with Crippen molar-refractivity contribution in [2.45, 2.75) is 51.1 Å². The average molecular weight is 246 g/mol. The Morgan fingerprint density at radius 3 is 2.44 bits per heavy atom. The molecule has 0 saturated carbocycles. The quantitative estimate of drug-likeness (QED) is 0.885. The lowest BCUT2D eigenvalue weighted by Gasteiger charge is -2.28. The van der Waals surface area contributed by atoms with E-state index in [1.54, 1.807) is 11.1 Å². The van der Waals surface area contributed by atoms with Gasteiger partial charge in [-0.15, -0.1) is 0 Å². The van der Waals surface area contributed by atoms with Gasteiger partial charge in [0.05, 0.1) is 0 Å². The smallest absolute Gasteiger partial charge is 0.0356 e. The van der Waals surface area contributed by atoms with Gasteiger partial charge in [0.2, 0.25) is 0 Å². The Hall–Kier alpha value is -0.860. The van der Waals surface area contributed by atoms with Crippen LogP contribution < -0.4 is 5.73 Å². The number of hydrogen-bond donors (Lipinski definition) is 1. The lowest BCUT2D eigenvalue weighted by molar-refractivity contribution is 0.272. The van der Waals surface area contributed by atoms with Crippen molar-refractivity contribution in [1.82, 2.24) is 4.90 Å². The Kier molecular flexibility index (Phi) is 4.41. The van der Waals surface area contributed by atoms with E-state index >= 15 is 0 Å². The summed E-state index contributed by atoms with van der Waals surface area (Å²) in [4.78, 5) is 2.29. The normalized spacial score (nSPS) is 18.5. The number of hydrogen-bond acceptors (Lipinski definition) is 2. The van der Waals surface area contributed by atoms with Crippen LogP contribution in [-0.2, 0) is 12.8 Å². The molecule has 0 amide bonds. The minimum absolute atomic E-state index is 0.244. The lowest BCUT2D eigenvalue weighted by atomic mass is 9.88. The third-order valence-electron chi connectivity index (χ3n) is 3.98. The molecule has 2 rings (SSSR count). The fourth-order valence-corrected chi connectivity index (χ4v) is 2.96. The summed E-state index contributed by atoms with van der Waals surface area (Å²) in [6.07, 6.45) is 6.22. The van der Waals surface area contributed by atoms with Crippen LogP contribution in [0.5, 0.6) is 0 Å². The van der Waals surface area contributed by atoms with Crippen LogP contribution in [0.25, 0.3) is 0 Å². The molecule has 2 unspecified atom stereocenters. The summed E-state index contributed by atoms with van der Waals surface area (Å²) in [6.45, 7) is 2.09. The monoisotopic (exact) mass is 246 g/mol. The van der Waals surface area contributed by atoms with Crippen molar-refractivity contribution in [1.29, 1.82) is 0 Å². The van der Waals surface area contributed by atoms with Crippen LogP contribution in [0.1, 0.15) is 48.9 Å². The highest BCUT2D eigenvalue weighted by atomic mass is 15.1. The number of fused-ring (bicyclic) bond motifs is 1. The molecular formula is C16H26N2.